The van der Waals surface area contributed by atoms with Crippen LogP contribution in [-0.2, 0) is 14.4 Å². The van der Waals surface area contributed by atoms with Crippen LogP contribution in [0.25, 0.3) is 5.57 Å². The van der Waals surface area contributed by atoms with Crippen LogP contribution in [0.5, 0.6) is 5.75 Å². The monoisotopic (exact) mass is 495 g/mol. The third kappa shape index (κ3) is 4.71. The van der Waals surface area contributed by atoms with Crippen LogP contribution in [0, 0.1) is 0 Å². The predicted octanol–water partition coefficient (Wildman–Crippen LogP) is 4.44. The predicted molar refractivity (Wildman–Crippen MR) is 139 cm³/mol. The zero-order valence-corrected chi connectivity index (χ0v) is 20.6. The van der Waals surface area contributed by atoms with E-state index in [4.69, 9.17) is 17.0 Å². The molecule has 0 unspecified atom stereocenters. The highest BCUT2D eigenvalue weighted by Crippen LogP contribution is 2.44. The molecule has 2 aromatic rings. The summed E-state index contributed by atoms with van der Waals surface area (Å²) >= 11 is 6.57. The molecule has 2 aromatic carbocycles. The normalized spacial score (nSPS) is 17.4. The van der Waals surface area contributed by atoms with Gasteiger partial charge in [-0.3, -0.25) is 24.2 Å². The van der Waals surface area contributed by atoms with Crippen LogP contribution in [0.4, 0.5) is 11.4 Å². The van der Waals surface area contributed by atoms with Gasteiger partial charge in [0.25, 0.3) is 11.8 Å². The van der Waals surface area contributed by atoms with Crippen molar-refractivity contribution in [1.29, 1.82) is 0 Å². The molecule has 3 amide bonds. The van der Waals surface area contributed by atoms with Crippen molar-refractivity contribution in [2.75, 3.05) is 29.9 Å². The Bertz CT molecular complexity index is 1180. The topological polar surface area (TPSA) is 79.0 Å². The Kier molecular flexibility index (Phi) is 7.33. The number of anilines is 2. The summed E-state index contributed by atoms with van der Waals surface area (Å²) in [5.74, 6) is -0.254. The Balaban J connectivity index is 1.57. The number of carbonyl (C=O) groups excluding carboxylic acids is 3. The Morgan fingerprint density at radius 2 is 1.76 bits per heavy atom. The van der Waals surface area contributed by atoms with Crippen LogP contribution in [0.15, 0.2) is 53.4 Å². The van der Waals surface area contributed by atoms with Gasteiger partial charge in [-0.15, -0.1) is 0 Å². The third-order valence-corrected chi connectivity index (χ3v) is 6.93. The minimum atomic E-state index is -0.376. The van der Waals surface area contributed by atoms with Gasteiger partial charge in [0.05, 0.1) is 22.8 Å². The summed E-state index contributed by atoms with van der Waals surface area (Å²) in [5, 5.41) is 2.81. The van der Waals surface area contributed by atoms with Gasteiger partial charge < -0.3 is 10.1 Å². The summed E-state index contributed by atoms with van der Waals surface area (Å²) < 4.78 is 5.88. The van der Waals surface area contributed by atoms with Crippen LogP contribution in [0.3, 0.4) is 0 Å². The summed E-state index contributed by atoms with van der Waals surface area (Å²) in [6, 6.07) is 14.2. The molecule has 0 saturated carbocycles. The highest BCUT2D eigenvalue weighted by molar-refractivity contribution is 8.26. The molecular weight excluding hydrogens is 470 g/mol. The number of rotatable bonds is 8. The van der Waals surface area contributed by atoms with Gasteiger partial charge in [0.2, 0.25) is 5.91 Å². The number of benzene rings is 2. The maximum Gasteiger partial charge on any atom is 0.267 e. The van der Waals surface area contributed by atoms with Crippen molar-refractivity contribution in [1.82, 2.24) is 4.90 Å². The zero-order chi connectivity index (χ0) is 24.2. The second kappa shape index (κ2) is 10.4. The number of nitrogens with zero attached hydrogens (tertiary/aromatic N) is 2. The molecular formula is C25H25N3O4S2. The maximum atomic E-state index is 13.5. The molecule has 176 valence electrons. The Hall–Kier alpha value is -3.17. The summed E-state index contributed by atoms with van der Waals surface area (Å²) in [7, 11) is 0. The van der Waals surface area contributed by atoms with Gasteiger partial charge in [0.1, 0.15) is 16.6 Å². The first-order valence-electron chi connectivity index (χ1n) is 11.2. The van der Waals surface area contributed by atoms with E-state index in [9.17, 15) is 14.4 Å². The van der Waals surface area contributed by atoms with Gasteiger partial charge in [-0.05, 0) is 43.7 Å². The maximum absolute atomic E-state index is 13.5. The molecule has 34 heavy (non-hydrogen) atoms. The van der Waals surface area contributed by atoms with Crippen molar-refractivity contribution in [2.24, 2.45) is 0 Å². The molecule has 4 rings (SSSR count). The molecule has 0 atom stereocenters. The highest BCUT2D eigenvalue weighted by Gasteiger charge is 2.42. The zero-order valence-electron chi connectivity index (χ0n) is 19.0. The lowest BCUT2D eigenvalue weighted by atomic mass is 10.1. The molecule has 9 heteroatoms. The minimum Gasteiger partial charge on any atom is -0.494 e. The fourth-order valence-corrected chi connectivity index (χ4v) is 5.24. The fourth-order valence-electron chi connectivity index (χ4n) is 3.86. The van der Waals surface area contributed by atoms with Gasteiger partial charge in [-0.25, -0.2) is 0 Å². The van der Waals surface area contributed by atoms with E-state index in [2.05, 4.69) is 5.32 Å². The smallest absolute Gasteiger partial charge is 0.267 e. The summed E-state index contributed by atoms with van der Waals surface area (Å²) in [5.41, 5.74) is 2.15. The van der Waals surface area contributed by atoms with Crippen LogP contribution < -0.4 is 15.0 Å². The molecule has 0 aromatic heterocycles. The van der Waals surface area contributed by atoms with Crippen LogP contribution in [0.2, 0.25) is 0 Å². The molecule has 0 aliphatic carbocycles. The first kappa shape index (κ1) is 24.0. The number of unbranched alkanes of at least 4 members (excludes halogenated alkanes) is 1. The van der Waals surface area contributed by atoms with Gasteiger partial charge in [-0.2, -0.15) is 0 Å². The number of ether oxygens (including phenoxy) is 1. The van der Waals surface area contributed by atoms with E-state index in [-0.39, 0.29) is 24.3 Å². The molecule has 1 N–H and O–H groups in total. The number of hydrogen-bond acceptors (Lipinski definition) is 6. The van der Waals surface area contributed by atoms with Crippen LogP contribution in [0.1, 0.15) is 32.3 Å². The standard InChI is InChI=1S/C25H25N3O4S2/c1-3-5-14-27-24(31)22(34-25(27)33)21-18-8-6-7-9-19(18)28(23(21)30)15-20(29)26-16-10-12-17(13-11-16)32-4-2/h6-13H,3-5,14-15H2,1-2H3,(H,26,29). The average Bonchev–Trinajstić information content (AvgIpc) is 3.26. The highest BCUT2D eigenvalue weighted by atomic mass is 32.2. The number of thiocarbonyl (C=S) groups is 1. The molecule has 0 bridgehead atoms. The number of nitrogens with one attached hydrogen (secondary N) is 1. The summed E-state index contributed by atoms with van der Waals surface area (Å²) in [6.07, 6.45) is 1.76. The number of hydrogen-bond donors (Lipinski definition) is 1. The van der Waals surface area contributed by atoms with E-state index in [1.807, 2.05) is 19.9 Å². The average molecular weight is 496 g/mol. The molecule has 0 spiro atoms. The third-order valence-electron chi connectivity index (χ3n) is 5.49. The van der Waals surface area contributed by atoms with Gasteiger partial charge in [0, 0.05) is 17.8 Å². The molecule has 2 heterocycles. The molecule has 1 fully saturated rings. The van der Waals surface area contributed by atoms with Crippen LogP contribution in [-0.4, -0.2) is 46.6 Å². The van der Waals surface area contributed by atoms with E-state index < -0.39 is 0 Å². The van der Waals surface area contributed by atoms with Gasteiger partial charge in [-0.1, -0.05) is 55.5 Å². The van der Waals surface area contributed by atoms with Crippen molar-refractivity contribution in [2.45, 2.75) is 26.7 Å². The first-order valence-corrected chi connectivity index (χ1v) is 12.4. The Morgan fingerprint density at radius 3 is 2.47 bits per heavy atom. The van der Waals surface area contributed by atoms with Crippen molar-refractivity contribution in [3.05, 3.63) is 59.0 Å². The van der Waals surface area contributed by atoms with Gasteiger partial charge in [0.15, 0.2) is 0 Å². The van der Waals surface area contributed by atoms with E-state index in [0.717, 1.165) is 24.6 Å². The van der Waals surface area contributed by atoms with E-state index in [0.29, 0.717) is 50.6 Å². The lowest BCUT2D eigenvalue weighted by molar-refractivity contribution is -0.122. The van der Waals surface area contributed by atoms with E-state index >= 15 is 0 Å². The molecule has 1 saturated heterocycles. The number of carbonyl (C=O) groups is 3. The van der Waals surface area contributed by atoms with Crippen molar-refractivity contribution in [3.63, 3.8) is 0 Å². The van der Waals surface area contributed by atoms with Crippen molar-refractivity contribution in [3.8, 4) is 5.75 Å². The van der Waals surface area contributed by atoms with Gasteiger partial charge >= 0.3 is 0 Å². The Labute approximate surface area is 208 Å². The quantitative estimate of drug-likeness (QED) is 0.431. The Morgan fingerprint density at radius 1 is 1.03 bits per heavy atom. The van der Waals surface area contributed by atoms with Crippen LogP contribution >= 0.6 is 24.0 Å². The number of fused-ring (bicyclic) bond motifs is 1. The first-order chi connectivity index (χ1) is 16.4. The lowest BCUT2D eigenvalue weighted by Gasteiger charge is -2.17. The number of para-hydroxylation sites is 1. The van der Waals surface area contributed by atoms with Crippen molar-refractivity contribution >= 4 is 63.0 Å². The SMILES string of the molecule is CCCCN1C(=O)C(=C2C(=O)N(CC(=O)Nc3ccc(OCC)cc3)c3ccccc32)SC1=S. The molecule has 2 aliphatic heterocycles. The van der Waals surface area contributed by atoms with E-state index in [1.54, 1.807) is 47.4 Å². The largest absolute Gasteiger partial charge is 0.494 e. The molecule has 7 nitrogen and oxygen atoms in total. The van der Waals surface area contributed by atoms with Crippen molar-refractivity contribution < 1.29 is 19.1 Å². The second-order valence-electron chi connectivity index (χ2n) is 7.80. The fraction of sp³-hybridized carbons (Fsp3) is 0.280. The molecule has 0 radical (unpaired) electrons. The second-order valence-corrected chi connectivity index (χ2v) is 9.44. The molecule has 2 aliphatic rings. The summed E-state index contributed by atoms with van der Waals surface area (Å²) in [6.45, 7) is 4.85. The number of thioether (sulfide) groups is 1. The number of amides is 3. The summed E-state index contributed by atoms with van der Waals surface area (Å²) in [4.78, 5) is 42.7. The van der Waals surface area contributed by atoms with E-state index in [1.165, 1.54) is 4.90 Å². The lowest BCUT2D eigenvalue weighted by Crippen LogP contribution is -2.35. The minimum absolute atomic E-state index is 0.178.